The number of sulfonamides is 1. The standard InChI is InChI=1S/C17H22N2O3S2/c1-13(2)19-24(21,22)12-15-7-5-14(6-8-15)11-18-17(20)10-16-4-3-9-23-16/h3-9,13,19H,10-12H2,1-2H3,(H,18,20). The first-order chi connectivity index (χ1) is 11.3. The van der Waals surface area contributed by atoms with Crippen molar-refractivity contribution in [3.05, 3.63) is 57.8 Å². The van der Waals surface area contributed by atoms with Crippen molar-refractivity contribution in [1.82, 2.24) is 10.0 Å². The highest BCUT2D eigenvalue weighted by Crippen LogP contribution is 2.10. The molecule has 1 aromatic heterocycles. The first-order valence-corrected chi connectivity index (χ1v) is 10.2. The predicted molar refractivity (Wildman–Crippen MR) is 97.2 cm³/mol. The van der Waals surface area contributed by atoms with Gasteiger partial charge in [-0.2, -0.15) is 0 Å². The Morgan fingerprint density at radius 1 is 1.12 bits per heavy atom. The van der Waals surface area contributed by atoms with E-state index in [1.807, 2.05) is 29.6 Å². The van der Waals surface area contributed by atoms with Crippen molar-refractivity contribution in [1.29, 1.82) is 0 Å². The lowest BCUT2D eigenvalue weighted by Gasteiger charge is -2.10. The van der Waals surface area contributed by atoms with E-state index in [0.717, 1.165) is 16.0 Å². The third-order valence-electron chi connectivity index (χ3n) is 3.20. The predicted octanol–water partition coefficient (Wildman–Crippen LogP) is 2.43. The average Bonchev–Trinajstić information content (AvgIpc) is 2.97. The molecule has 0 fully saturated rings. The Labute approximate surface area is 147 Å². The summed E-state index contributed by atoms with van der Waals surface area (Å²) in [4.78, 5) is 12.9. The van der Waals surface area contributed by atoms with Gasteiger partial charge in [0.1, 0.15) is 0 Å². The molecule has 2 N–H and O–H groups in total. The van der Waals surface area contributed by atoms with Gasteiger partial charge in [0.25, 0.3) is 0 Å². The Morgan fingerprint density at radius 2 is 1.79 bits per heavy atom. The van der Waals surface area contributed by atoms with Crippen LogP contribution in [0.5, 0.6) is 0 Å². The molecule has 0 unspecified atom stereocenters. The Bertz CT molecular complexity index is 752. The second-order valence-electron chi connectivity index (χ2n) is 5.88. The number of hydrogen-bond acceptors (Lipinski definition) is 4. The van der Waals surface area contributed by atoms with E-state index in [1.165, 1.54) is 0 Å². The summed E-state index contributed by atoms with van der Waals surface area (Å²) in [5.41, 5.74) is 1.66. The second-order valence-corrected chi connectivity index (χ2v) is 8.67. The summed E-state index contributed by atoms with van der Waals surface area (Å²) in [6.45, 7) is 4.01. The number of rotatable bonds is 8. The summed E-state index contributed by atoms with van der Waals surface area (Å²) >= 11 is 1.56. The SMILES string of the molecule is CC(C)NS(=O)(=O)Cc1ccc(CNC(=O)Cc2cccs2)cc1. The maximum Gasteiger partial charge on any atom is 0.225 e. The molecule has 0 aliphatic carbocycles. The van der Waals surface area contributed by atoms with Crippen LogP contribution in [-0.4, -0.2) is 20.4 Å². The van der Waals surface area contributed by atoms with Gasteiger partial charge >= 0.3 is 0 Å². The summed E-state index contributed by atoms with van der Waals surface area (Å²) in [6, 6.07) is 11.0. The molecule has 1 aromatic carbocycles. The van der Waals surface area contributed by atoms with Crippen LogP contribution in [0.2, 0.25) is 0 Å². The highest BCUT2D eigenvalue weighted by molar-refractivity contribution is 7.88. The molecule has 2 aromatic rings. The van der Waals surface area contributed by atoms with Crippen molar-refractivity contribution in [3.63, 3.8) is 0 Å². The third kappa shape index (κ3) is 6.43. The maximum atomic E-state index is 11.9. The second kappa shape index (κ2) is 8.41. The Balaban J connectivity index is 1.84. The first kappa shape index (κ1) is 18.6. The zero-order valence-corrected chi connectivity index (χ0v) is 15.4. The fourth-order valence-corrected chi connectivity index (χ4v) is 4.34. The van der Waals surface area contributed by atoms with Crippen molar-refractivity contribution >= 4 is 27.3 Å². The summed E-state index contributed by atoms with van der Waals surface area (Å²) in [6.07, 6.45) is 0.384. The highest BCUT2D eigenvalue weighted by atomic mass is 32.2. The number of hydrogen-bond donors (Lipinski definition) is 2. The molecule has 0 radical (unpaired) electrons. The van der Waals surface area contributed by atoms with Crippen LogP contribution in [0.1, 0.15) is 29.9 Å². The average molecular weight is 367 g/mol. The third-order valence-corrected chi connectivity index (χ3v) is 5.62. The smallest absolute Gasteiger partial charge is 0.225 e. The molecule has 0 spiro atoms. The Hall–Kier alpha value is -1.70. The van der Waals surface area contributed by atoms with E-state index in [9.17, 15) is 13.2 Å². The maximum absolute atomic E-state index is 11.9. The Kier molecular flexibility index (Phi) is 6.53. The minimum Gasteiger partial charge on any atom is -0.352 e. The van der Waals surface area contributed by atoms with E-state index in [0.29, 0.717) is 13.0 Å². The number of carbonyl (C=O) groups is 1. The van der Waals surface area contributed by atoms with Crippen LogP contribution in [0.3, 0.4) is 0 Å². The van der Waals surface area contributed by atoms with Gasteiger partial charge in [0, 0.05) is 17.5 Å². The number of carbonyl (C=O) groups excluding carboxylic acids is 1. The fraction of sp³-hybridized carbons (Fsp3) is 0.353. The van der Waals surface area contributed by atoms with Crippen LogP contribution in [-0.2, 0) is 33.5 Å². The molecular formula is C17H22N2O3S2. The van der Waals surface area contributed by atoms with Crippen LogP contribution in [0, 0.1) is 0 Å². The van der Waals surface area contributed by atoms with E-state index >= 15 is 0 Å². The van der Waals surface area contributed by atoms with Crippen LogP contribution >= 0.6 is 11.3 Å². The van der Waals surface area contributed by atoms with E-state index < -0.39 is 10.0 Å². The van der Waals surface area contributed by atoms with Gasteiger partial charge in [-0.1, -0.05) is 30.3 Å². The molecule has 1 amide bonds. The van der Waals surface area contributed by atoms with Gasteiger partial charge in [0.05, 0.1) is 12.2 Å². The van der Waals surface area contributed by atoms with Gasteiger partial charge in [-0.15, -0.1) is 11.3 Å². The molecular weight excluding hydrogens is 344 g/mol. The normalized spacial score (nSPS) is 11.6. The zero-order chi connectivity index (χ0) is 17.6. The molecule has 0 aliphatic rings. The number of amides is 1. The van der Waals surface area contributed by atoms with E-state index in [2.05, 4.69) is 10.0 Å². The molecule has 2 rings (SSSR count). The van der Waals surface area contributed by atoms with Gasteiger partial charge in [0.15, 0.2) is 0 Å². The molecule has 5 nitrogen and oxygen atoms in total. The van der Waals surface area contributed by atoms with Gasteiger partial charge in [-0.25, -0.2) is 13.1 Å². The lowest BCUT2D eigenvalue weighted by atomic mass is 10.1. The topological polar surface area (TPSA) is 75.3 Å². The van der Waals surface area contributed by atoms with Crippen LogP contribution < -0.4 is 10.0 Å². The Morgan fingerprint density at radius 3 is 2.38 bits per heavy atom. The summed E-state index contributed by atoms with van der Waals surface area (Å²) in [7, 11) is -3.32. The molecule has 0 saturated carbocycles. The van der Waals surface area contributed by atoms with Crippen molar-refractivity contribution in [3.8, 4) is 0 Å². The summed E-state index contributed by atoms with van der Waals surface area (Å²) in [5, 5.41) is 4.82. The van der Waals surface area contributed by atoms with Crippen molar-refractivity contribution in [2.45, 2.75) is 38.6 Å². The van der Waals surface area contributed by atoms with Gasteiger partial charge in [-0.05, 0) is 36.4 Å². The number of thiophene rings is 1. The highest BCUT2D eigenvalue weighted by Gasteiger charge is 2.12. The molecule has 0 aliphatic heterocycles. The monoisotopic (exact) mass is 366 g/mol. The molecule has 0 atom stereocenters. The lowest BCUT2D eigenvalue weighted by Crippen LogP contribution is -2.31. The van der Waals surface area contributed by atoms with Crippen LogP contribution in [0.15, 0.2) is 41.8 Å². The van der Waals surface area contributed by atoms with Gasteiger partial charge in [0.2, 0.25) is 15.9 Å². The molecule has 1 heterocycles. The summed E-state index contributed by atoms with van der Waals surface area (Å²) < 4.78 is 26.3. The molecule has 0 saturated heterocycles. The molecule has 24 heavy (non-hydrogen) atoms. The van der Waals surface area contributed by atoms with Gasteiger partial charge in [-0.3, -0.25) is 4.79 Å². The summed E-state index contributed by atoms with van der Waals surface area (Å²) in [5.74, 6) is -0.0684. The molecule has 7 heteroatoms. The van der Waals surface area contributed by atoms with Crippen molar-refractivity contribution in [2.24, 2.45) is 0 Å². The molecule has 130 valence electrons. The van der Waals surface area contributed by atoms with Crippen molar-refractivity contribution in [2.75, 3.05) is 0 Å². The van der Waals surface area contributed by atoms with E-state index in [4.69, 9.17) is 0 Å². The van der Waals surface area contributed by atoms with E-state index in [1.54, 1.807) is 37.3 Å². The number of benzene rings is 1. The largest absolute Gasteiger partial charge is 0.352 e. The number of nitrogens with one attached hydrogen (secondary N) is 2. The quantitative estimate of drug-likeness (QED) is 0.753. The minimum absolute atomic E-state index is 0.0229. The molecule has 0 bridgehead atoms. The van der Waals surface area contributed by atoms with Gasteiger partial charge < -0.3 is 5.32 Å². The minimum atomic E-state index is -3.32. The fourth-order valence-electron chi connectivity index (χ4n) is 2.21. The van der Waals surface area contributed by atoms with Crippen molar-refractivity contribution < 1.29 is 13.2 Å². The lowest BCUT2D eigenvalue weighted by molar-refractivity contribution is -0.120. The van der Waals surface area contributed by atoms with Crippen LogP contribution in [0.4, 0.5) is 0 Å². The first-order valence-electron chi connectivity index (χ1n) is 7.71. The van der Waals surface area contributed by atoms with Crippen LogP contribution in [0.25, 0.3) is 0 Å². The zero-order valence-electron chi connectivity index (χ0n) is 13.8. The van der Waals surface area contributed by atoms with E-state index in [-0.39, 0.29) is 17.7 Å².